The van der Waals surface area contributed by atoms with Gasteiger partial charge in [0.2, 0.25) is 21.9 Å². The number of sulfonamides is 1. The van der Waals surface area contributed by atoms with Gasteiger partial charge in [0.05, 0.1) is 18.0 Å². The first-order valence-electron chi connectivity index (χ1n) is 8.36. The number of halogens is 2. The van der Waals surface area contributed by atoms with E-state index in [0.717, 1.165) is 0 Å². The number of carbonyl (C=O) groups excluding carboxylic acids is 1. The van der Waals surface area contributed by atoms with Crippen LogP contribution in [0.5, 0.6) is 0 Å². The Kier molecular flexibility index (Phi) is 4.63. The average Bonchev–Trinajstić information content (AvgIpc) is 3.02. The Balaban J connectivity index is 1.51. The highest BCUT2D eigenvalue weighted by Gasteiger charge is 2.50. The maximum atomic E-state index is 12.8. The summed E-state index contributed by atoms with van der Waals surface area (Å²) in [6.07, 6.45) is -0.910. The number of alkyl halides is 2. The summed E-state index contributed by atoms with van der Waals surface area (Å²) in [6, 6.07) is 0. The number of rotatable bonds is 5. The van der Waals surface area contributed by atoms with E-state index in [0.29, 0.717) is 26.2 Å². The molecule has 1 aliphatic carbocycles. The van der Waals surface area contributed by atoms with Crippen LogP contribution >= 0.6 is 0 Å². The molecule has 3 atom stereocenters. The lowest BCUT2D eigenvalue weighted by atomic mass is 9.80. The van der Waals surface area contributed by atoms with Crippen LogP contribution in [-0.2, 0) is 19.6 Å². The van der Waals surface area contributed by atoms with Gasteiger partial charge in [0, 0.05) is 50.2 Å². The van der Waals surface area contributed by atoms with Crippen molar-refractivity contribution in [2.24, 2.45) is 17.8 Å². The van der Waals surface area contributed by atoms with Gasteiger partial charge in [-0.1, -0.05) is 0 Å². The molecule has 0 aromatic heterocycles. The van der Waals surface area contributed by atoms with E-state index in [1.54, 1.807) is 13.8 Å². The van der Waals surface area contributed by atoms with Crippen LogP contribution in [0.1, 0.15) is 26.7 Å². The second-order valence-electron chi connectivity index (χ2n) is 7.41. The average molecular weight is 366 g/mol. The maximum Gasteiger partial charge on any atom is 0.249 e. The summed E-state index contributed by atoms with van der Waals surface area (Å²) in [5, 5.41) is 2.26. The highest BCUT2D eigenvalue weighted by Crippen LogP contribution is 2.42. The molecule has 9 heteroatoms. The van der Waals surface area contributed by atoms with E-state index in [9.17, 15) is 22.0 Å². The molecule has 2 heterocycles. The molecule has 0 spiro atoms. The van der Waals surface area contributed by atoms with Crippen molar-refractivity contribution in [3.63, 3.8) is 0 Å². The van der Waals surface area contributed by atoms with E-state index < -0.39 is 27.1 Å². The number of ether oxygens (including phenoxy) is 1. The summed E-state index contributed by atoms with van der Waals surface area (Å²) in [5.74, 6) is -3.59. The molecule has 2 aliphatic heterocycles. The highest BCUT2D eigenvalue weighted by molar-refractivity contribution is 7.89. The summed E-state index contributed by atoms with van der Waals surface area (Å²) >= 11 is 0. The zero-order chi connectivity index (χ0) is 17.7. The van der Waals surface area contributed by atoms with Gasteiger partial charge >= 0.3 is 0 Å². The Morgan fingerprint density at radius 2 is 2.00 bits per heavy atom. The standard InChI is InChI=1S/C15H24F2N2O4S/c1-9(2)24(21,22)19-6-12-11(8-23-13(12)7-19)5-18-14(20)10-3-15(16,17)4-10/h9-13H,3-8H2,1-2H3,(H,18,20)/t11-,12+,13+/m0/s1. The number of carbonyl (C=O) groups is 1. The van der Waals surface area contributed by atoms with Crippen LogP contribution in [0.4, 0.5) is 8.78 Å². The van der Waals surface area contributed by atoms with Crippen LogP contribution in [0.15, 0.2) is 0 Å². The van der Waals surface area contributed by atoms with Crippen molar-refractivity contribution in [2.75, 3.05) is 26.2 Å². The van der Waals surface area contributed by atoms with Gasteiger partial charge < -0.3 is 10.1 Å². The zero-order valence-corrected chi connectivity index (χ0v) is 14.7. The van der Waals surface area contributed by atoms with E-state index in [-0.39, 0.29) is 36.7 Å². The first-order chi connectivity index (χ1) is 11.1. The molecule has 1 saturated carbocycles. The Morgan fingerprint density at radius 3 is 2.58 bits per heavy atom. The Bertz CT molecular complexity index is 603. The molecule has 0 radical (unpaired) electrons. The van der Waals surface area contributed by atoms with Crippen molar-refractivity contribution in [1.29, 1.82) is 0 Å². The van der Waals surface area contributed by atoms with Gasteiger partial charge in [-0.3, -0.25) is 4.79 Å². The van der Waals surface area contributed by atoms with Crippen molar-refractivity contribution < 1.29 is 26.7 Å². The van der Waals surface area contributed by atoms with Crippen LogP contribution in [0.3, 0.4) is 0 Å². The molecule has 1 amide bonds. The summed E-state index contributed by atoms with van der Waals surface area (Å²) in [4.78, 5) is 11.9. The molecule has 1 N–H and O–H groups in total. The molecule has 138 valence electrons. The third-order valence-electron chi connectivity index (χ3n) is 5.36. The minimum absolute atomic E-state index is 0.0203. The van der Waals surface area contributed by atoms with E-state index >= 15 is 0 Å². The van der Waals surface area contributed by atoms with Gasteiger partial charge in [0.15, 0.2) is 0 Å². The van der Waals surface area contributed by atoms with E-state index in [1.165, 1.54) is 4.31 Å². The van der Waals surface area contributed by atoms with Crippen LogP contribution in [0, 0.1) is 17.8 Å². The number of nitrogens with zero attached hydrogens (tertiary/aromatic N) is 1. The Hall–Kier alpha value is -0.800. The van der Waals surface area contributed by atoms with E-state index in [4.69, 9.17) is 4.74 Å². The molecule has 0 unspecified atom stereocenters. The molecule has 0 bridgehead atoms. The van der Waals surface area contributed by atoms with E-state index in [1.807, 2.05) is 0 Å². The van der Waals surface area contributed by atoms with Crippen molar-refractivity contribution in [2.45, 2.75) is 44.0 Å². The topological polar surface area (TPSA) is 75.7 Å². The number of hydrogen-bond acceptors (Lipinski definition) is 4. The van der Waals surface area contributed by atoms with Gasteiger partial charge in [-0.05, 0) is 13.8 Å². The van der Waals surface area contributed by atoms with Crippen molar-refractivity contribution in [3.05, 3.63) is 0 Å². The molecular weight excluding hydrogens is 342 g/mol. The normalized spacial score (nSPS) is 33.5. The molecule has 24 heavy (non-hydrogen) atoms. The summed E-state index contributed by atoms with van der Waals surface area (Å²) in [7, 11) is -3.31. The monoisotopic (exact) mass is 366 g/mol. The minimum atomic E-state index is -3.31. The number of amides is 1. The highest BCUT2D eigenvalue weighted by atomic mass is 32.2. The lowest BCUT2D eigenvalue weighted by Crippen LogP contribution is -2.46. The number of hydrogen-bond donors (Lipinski definition) is 1. The van der Waals surface area contributed by atoms with E-state index in [2.05, 4.69) is 5.32 Å². The smallest absolute Gasteiger partial charge is 0.249 e. The van der Waals surface area contributed by atoms with Gasteiger partial charge in [0.1, 0.15) is 0 Å². The fourth-order valence-corrected chi connectivity index (χ4v) is 5.03. The number of nitrogens with one attached hydrogen (secondary N) is 1. The number of fused-ring (bicyclic) bond motifs is 1. The third kappa shape index (κ3) is 3.30. The summed E-state index contributed by atoms with van der Waals surface area (Å²) < 4.78 is 57.3. The molecule has 3 fully saturated rings. The van der Waals surface area contributed by atoms with Crippen molar-refractivity contribution in [3.8, 4) is 0 Å². The maximum absolute atomic E-state index is 12.8. The summed E-state index contributed by atoms with van der Waals surface area (Å²) in [5.41, 5.74) is 0. The molecule has 0 aromatic rings. The van der Waals surface area contributed by atoms with Crippen molar-refractivity contribution >= 4 is 15.9 Å². The lowest BCUT2D eigenvalue weighted by molar-refractivity contribution is -0.150. The molecule has 6 nitrogen and oxygen atoms in total. The predicted octanol–water partition coefficient (Wildman–Crippen LogP) is 0.833. The zero-order valence-electron chi connectivity index (χ0n) is 13.9. The molecular formula is C15H24F2N2O4S. The van der Waals surface area contributed by atoms with Gasteiger partial charge in [0.25, 0.3) is 0 Å². The lowest BCUT2D eigenvalue weighted by Gasteiger charge is -2.34. The van der Waals surface area contributed by atoms with Crippen LogP contribution in [0.25, 0.3) is 0 Å². The molecule has 0 aromatic carbocycles. The van der Waals surface area contributed by atoms with Crippen LogP contribution in [-0.4, -0.2) is 62.1 Å². The predicted molar refractivity (Wildman–Crippen MR) is 83.0 cm³/mol. The first-order valence-corrected chi connectivity index (χ1v) is 9.86. The second-order valence-corrected chi connectivity index (χ2v) is 9.90. The fourth-order valence-electron chi connectivity index (χ4n) is 3.70. The SMILES string of the molecule is CC(C)S(=O)(=O)N1C[C@@H]2[C@@H](CNC(=O)C3CC(F)(F)C3)CO[C@@H]2C1. The molecule has 3 rings (SSSR count). The fraction of sp³-hybridized carbons (Fsp3) is 0.933. The van der Waals surface area contributed by atoms with Crippen LogP contribution in [0.2, 0.25) is 0 Å². The van der Waals surface area contributed by atoms with Gasteiger partial charge in [-0.25, -0.2) is 17.2 Å². The third-order valence-corrected chi connectivity index (χ3v) is 7.57. The quantitative estimate of drug-likeness (QED) is 0.782. The molecule has 2 saturated heterocycles. The second kappa shape index (κ2) is 6.17. The Morgan fingerprint density at radius 1 is 1.33 bits per heavy atom. The minimum Gasteiger partial charge on any atom is -0.376 e. The first kappa shape index (κ1) is 18.0. The summed E-state index contributed by atoms with van der Waals surface area (Å²) in [6.45, 7) is 4.86. The van der Waals surface area contributed by atoms with Crippen molar-refractivity contribution in [1.82, 2.24) is 9.62 Å². The van der Waals surface area contributed by atoms with Crippen LogP contribution < -0.4 is 5.32 Å². The van der Waals surface area contributed by atoms with Gasteiger partial charge in [-0.2, -0.15) is 4.31 Å². The molecule has 3 aliphatic rings. The largest absolute Gasteiger partial charge is 0.376 e. The van der Waals surface area contributed by atoms with Gasteiger partial charge in [-0.15, -0.1) is 0 Å². The Labute approximate surface area is 141 Å².